The van der Waals surface area contributed by atoms with Crippen LogP contribution in [0.3, 0.4) is 0 Å². The Bertz CT molecular complexity index is 704. The number of ether oxygens (including phenoxy) is 1. The van der Waals surface area contributed by atoms with Crippen LogP contribution in [-0.2, 0) is 4.79 Å². The zero-order valence-corrected chi connectivity index (χ0v) is 14.1. The molecule has 1 aromatic carbocycles. The van der Waals surface area contributed by atoms with Crippen molar-refractivity contribution in [1.29, 1.82) is 0 Å². The Morgan fingerprint density at radius 2 is 2.00 bits per heavy atom. The van der Waals surface area contributed by atoms with Crippen molar-refractivity contribution in [2.45, 2.75) is 27.7 Å². The van der Waals surface area contributed by atoms with Crippen molar-refractivity contribution >= 4 is 23.0 Å². The molecule has 5 heteroatoms. The van der Waals surface area contributed by atoms with Crippen LogP contribution >= 0.6 is 11.3 Å². The van der Waals surface area contributed by atoms with Gasteiger partial charge in [0.25, 0.3) is 5.91 Å². The number of thiophene rings is 1. The van der Waals surface area contributed by atoms with Crippen LogP contribution in [0.15, 0.2) is 35.4 Å². The highest BCUT2D eigenvalue weighted by Gasteiger charge is 2.06. The number of nitrogens with one attached hydrogen (secondary N) is 1. The summed E-state index contributed by atoms with van der Waals surface area (Å²) in [7, 11) is 0. The van der Waals surface area contributed by atoms with E-state index in [1.54, 1.807) is 11.3 Å². The average Bonchev–Trinajstić information content (AvgIpc) is 2.92. The molecule has 0 spiro atoms. The largest absolute Gasteiger partial charge is 0.483 e. The van der Waals surface area contributed by atoms with Gasteiger partial charge in [-0.3, -0.25) is 4.79 Å². The molecule has 0 aliphatic rings. The lowest BCUT2D eigenvalue weighted by atomic mass is 10.1. The minimum absolute atomic E-state index is 0.0511. The van der Waals surface area contributed by atoms with Gasteiger partial charge in [-0.2, -0.15) is 5.10 Å². The van der Waals surface area contributed by atoms with Gasteiger partial charge in [0.15, 0.2) is 6.61 Å². The Hall–Kier alpha value is -2.14. The van der Waals surface area contributed by atoms with Gasteiger partial charge in [-0.1, -0.05) is 12.1 Å². The first-order chi connectivity index (χ1) is 10.5. The zero-order valence-electron chi connectivity index (χ0n) is 13.3. The molecule has 0 aliphatic carbocycles. The first-order valence-electron chi connectivity index (χ1n) is 7.05. The summed E-state index contributed by atoms with van der Waals surface area (Å²) < 4.78 is 5.54. The Morgan fingerprint density at radius 3 is 2.68 bits per heavy atom. The van der Waals surface area contributed by atoms with Gasteiger partial charge in [-0.25, -0.2) is 5.43 Å². The molecule has 1 heterocycles. The van der Waals surface area contributed by atoms with Crippen LogP contribution in [-0.4, -0.2) is 18.2 Å². The molecule has 2 rings (SSSR count). The highest BCUT2D eigenvalue weighted by atomic mass is 32.1. The lowest BCUT2D eigenvalue weighted by Crippen LogP contribution is -2.25. The van der Waals surface area contributed by atoms with E-state index in [-0.39, 0.29) is 12.5 Å². The van der Waals surface area contributed by atoms with E-state index in [1.165, 1.54) is 4.88 Å². The van der Waals surface area contributed by atoms with Crippen molar-refractivity contribution in [3.8, 4) is 5.75 Å². The number of rotatable bonds is 5. The maximum Gasteiger partial charge on any atom is 0.277 e. The second-order valence-electron chi connectivity index (χ2n) is 5.20. The molecular formula is C17H20N2O2S. The molecular weight excluding hydrogens is 296 g/mol. The molecule has 0 unspecified atom stereocenters. The Kier molecular flexibility index (Phi) is 5.33. The normalized spacial score (nSPS) is 11.4. The molecule has 1 aromatic heterocycles. The predicted molar refractivity (Wildman–Crippen MR) is 90.8 cm³/mol. The average molecular weight is 316 g/mol. The fourth-order valence-electron chi connectivity index (χ4n) is 1.87. The minimum atomic E-state index is -0.270. The number of nitrogens with zero attached hydrogens (tertiary/aromatic N) is 1. The van der Waals surface area contributed by atoms with Crippen LogP contribution in [0.5, 0.6) is 5.75 Å². The van der Waals surface area contributed by atoms with E-state index in [4.69, 9.17) is 4.74 Å². The monoisotopic (exact) mass is 316 g/mol. The fourth-order valence-corrected chi connectivity index (χ4v) is 2.68. The number of carbonyl (C=O) groups excluding carboxylic acids is 1. The molecule has 0 aliphatic heterocycles. The standard InChI is InChI=1S/C17H20N2O2S/c1-11-5-6-12(2)15(9-11)21-10-17(20)19-18-14(4)16-8-7-13(3)22-16/h5-9H,10H2,1-4H3,(H,19,20)/b18-14-. The van der Waals surface area contributed by atoms with Gasteiger partial charge in [0.05, 0.1) is 10.6 Å². The van der Waals surface area contributed by atoms with Crippen molar-refractivity contribution in [3.05, 3.63) is 51.2 Å². The van der Waals surface area contributed by atoms with E-state index in [0.29, 0.717) is 0 Å². The van der Waals surface area contributed by atoms with Crippen molar-refractivity contribution in [2.75, 3.05) is 6.61 Å². The topological polar surface area (TPSA) is 50.7 Å². The van der Waals surface area contributed by atoms with E-state index in [0.717, 1.165) is 27.5 Å². The van der Waals surface area contributed by atoms with Gasteiger partial charge in [0.2, 0.25) is 0 Å². The second-order valence-corrected chi connectivity index (χ2v) is 6.49. The summed E-state index contributed by atoms with van der Waals surface area (Å²) in [6.45, 7) is 7.80. The molecule has 0 bridgehead atoms. The summed E-state index contributed by atoms with van der Waals surface area (Å²) in [5.41, 5.74) is 5.42. The fraction of sp³-hybridized carbons (Fsp3) is 0.294. The van der Waals surface area contributed by atoms with Crippen LogP contribution in [0.1, 0.15) is 27.8 Å². The summed E-state index contributed by atoms with van der Waals surface area (Å²) in [4.78, 5) is 14.1. The highest BCUT2D eigenvalue weighted by molar-refractivity contribution is 7.14. The van der Waals surface area contributed by atoms with Crippen LogP contribution in [0, 0.1) is 20.8 Å². The predicted octanol–water partition coefficient (Wildman–Crippen LogP) is 3.59. The van der Waals surface area contributed by atoms with E-state index < -0.39 is 0 Å². The zero-order chi connectivity index (χ0) is 16.1. The summed E-state index contributed by atoms with van der Waals surface area (Å²) in [6.07, 6.45) is 0. The first-order valence-corrected chi connectivity index (χ1v) is 7.87. The molecule has 2 aromatic rings. The van der Waals surface area contributed by atoms with E-state index in [2.05, 4.69) is 10.5 Å². The van der Waals surface area contributed by atoms with E-state index in [9.17, 15) is 4.79 Å². The van der Waals surface area contributed by atoms with Gasteiger partial charge >= 0.3 is 0 Å². The Balaban J connectivity index is 1.89. The smallest absolute Gasteiger partial charge is 0.277 e. The van der Waals surface area contributed by atoms with Crippen LogP contribution in [0.4, 0.5) is 0 Å². The summed E-state index contributed by atoms with van der Waals surface area (Å²) in [5.74, 6) is 0.457. The maximum absolute atomic E-state index is 11.8. The number of benzene rings is 1. The number of aryl methyl sites for hydroxylation is 3. The summed E-state index contributed by atoms with van der Waals surface area (Å²) in [6, 6.07) is 9.94. The van der Waals surface area contributed by atoms with Gasteiger partial charge in [-0.15, -0.1) is 11.3 Å². The Labute approximate surface area is 134 Å². The Morgan fingerprint density at radius 1 is 1.23 bits per heavy atom. The third kappa shape index (κ3) is 4.43. The third-order valence-electron chi connectivity index (χ3n) is 3.15. The summed E-state index contributed by atoms with van der Waals surface area (Å²) >= 11 is 1.65. The van der Waals surface area contributed by atoms with Crippen LogP contribution in [0.25, 0.3) is 0 Å². The van der Waals surface area contributed by atoms with Crippen molar-refractivity contribution in [2.24, 2.45) is 5.10 Å². The van der Waals surface area contributed by atoms with Gasteiger partial charge in [0.1, 0.15) is 5.75 Å². The summed E-state index contributed by atoms with van der Waals surface area (Å²) in [5, 5.41) is 4.11. The number of carbonyl (C=O) groups is 1. The maximum atomic E-state index is 11.8. The molecule has 0 saturated carbocycles. The van der Waals surface area contributed by atoms with E-state index >= 15 is 0 Å². The van der Waals surface area contributed by atoms with E-state index in [1.807, 2.05) is 58.0 Å². The molecule has 0 radical (unpaired) electrons. The second kappa shape index (κ2) is 7.22. The molecule has 22 heavy (non-hydrogen) atoms. The van der Waals surface area contributed by atoms with Crippen LogP contribution < -0.4 is 10.2 Å². The number of hydrogen-bond acceptors (Lipinski definition) is 4. The minimum Gasteiger partial charge on any atom is -0.483 e. The molecule has 1 amide bonds. The molecule has 0 saturated heterocycles. The van der Waals surface area contributed by atoms with Crippen molar-refractivity contribution in [3.63, 3.8) is 0 Å². The SMILES string of the molecule is C/C(=N/NC(=O)COc1cc(C)ccc1C)c1ccc(C)s1. The molecule has 0 fully saturated rings. The van der Waals surface area contributed by atoms with Crippen LogP contribution in [0.2, 0.25) is 0 Å². The number of hydrazone groups is 1. The van der Waals surface area contributed by atoms with Gasteiger partial charge < -0.3 is 4.74 Å². The lowest BCUT2D eigenvalue weighted by molar-refractivity contribution is -0.123. The molecule has 1 N–H and O–H groups in total. The first kappa shape index (κ1) is 16.2. The molecule has 116 valence electrons. The quantitative estimate of drug-likeness (QED) is 0.677. The van der Waals surface area contributed by atoms with Gasteiger partial charge in [-0.05, 0) is 57.0 Å². The molecule has 4 nitrogen and oxygen atoms in total. The van der Waals surface area contributed by atoms with Crippen molar-refractivity contribution < 1.29 is 9.53 Å². The lowest BCUT2D eigenvalue weighted by Gasteiger charge is -2.09. The van der Waals surface area contributed by atoms with Gasteiger partial charge in [0, 0.05) is 4.88 Å². The number of amides is 1. The van der Waals surface area contributed by atoms with Crippen molar-refractivity contribution in [1.82, 2.24) is 5.43 Å². The third-order valence-corrected chi connectivity index (χ3v) is 4.26. The number of hydrogen-bond donors (Lipinski definition) is 1. The molecule has 0 atom stereocenters. The highest BCUT2D eigenvalue weighted by Crippen LogP contribution is 2.19.